The number of sulfonamides is 1. The Morgan fingerprint density at radius 1 is 0.949 bits per heavy atom. The summed E-state index contributed by atoms with van der Waals surface area (Å²) < 4.78 is 41.3. The summed E-state index contributed by atoms with van der Waals surface area (Å²) in [6, 6.07) is 19.7. The number of hydrogen-bond donors (Lipinski definition) is 1. The summed E-state index contributed by atoms with van der Waals surface area (Å²) in [6.45, 7) is 2.96. The molecular formula is C29H30FN3O5S. The molecule has 1 aliphatic rings. The molecule has 0 spiro atoms. The van der Waals surface area contributed by atoms with Gasteiger partial charge in [-0.25, -0.2) is 17.1 Å². The van der Waals surface area contributed by atoms with Gasteiger partial charge < -0.3 is 10.2 Å². The highest BCUT2D eigenvalue weighted by Crippen LogP contribution is 2.30. The Bertz CT molecular complexity index is 1480. The summed E-state index contributed by atoms with van der Waals surface area (Å²) >= 11 is 0. The highest BCUT2D eigenvalue weighted by atomic mass is 32.2. The molecule has 0 fully saturated rings. The SMILES string of the molecule is CC(C)NC(=O)C(Cc1ccccc1)N(Cc1ccccc1F)C(=O)CCN1C(=O)c2ccccc2S1(=O)=O. The number of carbonyl (C=O) groups is 3. The van der Waals surface area contributed by atoms with Crippen molar-refractivity contribution >= 4 is 27.7 Å². The first-order valence-corrected chi connectivity index (χ1v) is 14.1. The van der Waals surface area contributed by atoms with Crippen LogP contribution in [0.2, 0.25) is 0 Å². The second-order valence-corrected chi connectivity index (χ2v) is 11.4. The zero-order valence-electron chi connectivity index (χ0n) is 21.7. The molecule has 3 aromatic rings. The van der Waals surface area contributed by atoms with Crippen molar-refractivity contribution in [1.82, 2.24) is 14.5 Å². The average molecular weight is 552 g/mol. The van der Waals surface area contributed by atoms with E-state index >= 15 is 0 Å². The minimum absolute atomic E-state index is 0.0476. The van der Waals surface area contributed by atoms with Gasteiger partial charge in [0.2, 0.25) is 11.8 Å². The monoisotopic (exact) mass is 551 g/mol. The maximum Gasteiger partial charge on any atom is 0.269 e. The van der Waals surface area contributed by atoms with Gasteiger partial charge in [0, 0.05) is 37.5 Å². The van der Waals surface area contributed by atoms with Crippen molar-refractivity contribution in [3.05, 3.63) is 101 Å². The predicted octanol–water partition coefficient (Wildman–Crippen LogP) is 3.53. The van der Waals surface area contributed by atoms with Crippen molar-refractivity contribution < 1.29 is 27.2 Å². The van der Waals surface area contributed by atoms with Crippen LogP contribution in [0, 0.1) is 5.82 Å². The van der Waals surface area contributed by atoms with Gasteiger partial charge in [-0.1, -0.05) is 60.7 Å². The van der Waals surface area contributed by atoms with Crippen molar-refractivity contribution in [2.24, 2.45) is 0 Å². The predicted molar refractivity (Wildman–Crippen MR) is 143 cm³/mol. The molecule has 1 N–H and O–H groups in total. The van der Waals surface area contributed by atoms with E-state index in [2.05, 4.69) is 5.32 Å². The van der Waals surface area contributed by atoms with Crippen LogP contribution in [0.15, 0.2) is 83.8 Å². The summed E-state index contributed by atoms with van der Waals surface area (Å²) in [6.07, 6.45) is -0.223. The largest absolute Gasteiger partial charge is 0.352 e. The third kappa shape index (κ3) is 6.17. The van der Waals surface area contributed by atoms with Crippen LogP contribution in [0.25, 0.3) is 0 Å². The van der Waals surface area contributed by atoms with Crippen LogP contribution in [-0.2, 0) is 32.6 Å². The van der Waals surface area contributed by atoms with Gasteiger partial charge in [0.25, 0.3) is 15.9 Å². The number of hydrogen-bond acceptors (Lipinski definition) is 5. The average Bonchev–Trinajstić information content (AvgIpc) is 3.10. The van der Waals surface area contributed by atoms with Crippen LogP contribution in [0.5, 0.6) is 0 Å². The van der Waals surface area contributed by atoms with Crippen LogP contribution in [0.1, 0.15) is 41.8 Å². The Labute approximate surface area is 227 Å². The van der Waals surface area contributed by atoms with Crippen LogP contribution in [0.3, 0.4) is 0 Å². The number of benzene rings is 3. The van der Waals surface area contributed by atoms with Crippen molar-refractivity contribution in [2.75, 3.05) is 6.54 Å². The number of nitrogens with zero attached hydrogens (tertiary/aromatic N) is 2. The maximum atomic E-state index is 14.7. The molecule has 1 aliphatic heterocycles. The van der Waals surface area contributed by atoms with Crippen LogP contribution in [0.4, 0.5) is 4.39 Å². The quantitative estimate of drug-likeness (QED) is 0.415. The third-order valence-corrected chi connectivity index (χ3v) is 8.28. The lowest BCUT2D eigenvalue weighted by Gasteiger charge is -2.32. The molecule has 0 bridgehead atoms. The standard InChI is InChI=1S/C29H30FN3O5S/c1-20(2)31-28(35)25(18-21-10-4-3-5-11-21)32(19-22-12-6-8-14-24(22)30)27(34)16-17-33-29(36)23-13-7-9-15-26(23)39(33,37)38/h3-15,20,25H,16-19H2,1-2H3,(H,31,35). The first kappa shape index (κ1) is 28.0. The van der Waals surface area contributed by atoms with E-state index in [-0.39, 0.29) is 41.5 Å². The zero-order chi connectivity index (χ0) is 28.2. The van der Waals surface area contributed by atoms with E-state index < -0.39 is 46.1 Å². The number of amides is 3. The molecule has 1 atom stereocenters. The summed E-state index contributed by atoms with van der Waals surface area (Å²) in [5, 5.41) is 2.84. The smallest absolute Gasteiger partial charge is 0.269 e. The molecule has 0 radical (unpaired) electrons. The Balaban J connectivity index is 1.65. The van der Waals surface area contributed by atoms with Gasteiger partial charge in [0.15, 0.2) is 0 Å². The highest BCUT2D eigenvalue weighted by molar-refractivity contribution is 7.90. The van der Waals surface area contributed by atoms with Crippen LogP contribution >= 0.6 is 0 Å². The van der Waals surface area contributed by atoms with Gasteiger partial charge in [-0.3, -0.25) is 14.4 Å². The molecular weight excluding hydrogens is 521 g/mol. The molecule has 4 rings (SSSR count). The Hall–Kier alpha value is -4.05. The highest BCUT2D eigenvalue weighted by Gasteiger charge is 2.41. The van der Waals surface area contributed by atoms with Crippen molar-refractivity contribution in [3.63, 3.8) is 0 Å². The first-order chi connectivity index (χ1) is 18.6. The van der Waals surface area contributed by atoms with E-state index in [4.69, 9.17) is 0 Å². The molecule has 0 saturated heterocycles. The first-order valence-electron chi connectivity index (χ1n) is 12.6. The molecule has 39 heavy (non-hydrogen) atoms. The molecule has 0 aliphatic carbocycles. The number of halogens is 1. The minimum atomic E-state index is -4.11. The van der Waals surface area contributed by atoms with E-state index in [1.54, 1.807) is 26.0 Å². The van der Waals surface area contributed by atoms with E-state index in [0.717, 1.165) is 5.56 Å². The van der Waals surface area contributed by atoms with Gasteiger partial charge in [0.05, 0.1) is 5.56 Å². The summed E-state index contributed by atoms with van der Waals surface area (Å²) in [4.78, 5) is 41.1. The van der Waals surface area contributed by atoms with Gasteiger partial charge >= 0.3 is 0 Å². The zero-order valence-corrected chi connectivity index (χ0v) is 22.5. The number of rotatable bonds is 10. The van der Waals surface area contributed by atoms with Crippen molar-refractivity contribution in [1.29, 1.82) is 0 Å². The normalized spacial score (nSPS) is 14.7. The molecule has 204 valence electrons. The van der Waals surface area contributed by atoms with Crippen molar-refractivity contribution in [3.8, 4) is 0 Å². The number of fused-ring (bicyclic) bond motifs is 1. The van der Waals surface area contributed by atoms with Gasteiger partial charge in [-0.2, -0.15) is 0 Å². The molecule has 1 unspecified atom stereocenters. The van der Waals surface area contributed by atoms with E-state index in [0.29, 0.717) is 4.31 Å². The molecule has 0 saturated carbocycles. The molecule has 0 aromatic heterocycles. The molecule has 10 heteroatoms. The third-order valence-electron chi connectivity index (χ3n) is 6.44. The van der Waals surface area contributed by atoms with E-state index in [1.165, 1.54) is 41.3 Å². The summed E-state index contributed by atoms with van der Waals surface area (Å²) in [5.74, 6) is -2.25. The van der Waals surface area contributed by atoms with E-state index in [9.17, 15) is 27.2 Å². The van der Waals surface area contributed by atoms with Crippen molar-refractivity contribution in [2.45, 2.75) is 50.2 Å². The molecule has 8 nitrogen and oxygen atoms in total. The van der Waals surface area contributed by atoms with Crippen LogP contribution in [-0.4, -0.2) is 54.0 Å². The molecule has 3 amide bonds. The van der Waals surface area contributed by atoms with Gasteiger partial charge in [-0.15, -0.1) is 0 Å². The second kappa shape index (κ2) is 11.8. The summed E-state index contributed by atoms with van der Waals surface area (Å²) in [7, 11) is -4.11. The number of nitrogens with one attached hydrogen (secondary N) is 1. The molecule has 1 heterocycles. The maximum absolute atomic E-state index is 14.7. The Kier molecular flexibility index (Phi) is 8.44. The fourth-order valence-corrected chi connectivity index (χ4v) is 6.11. The Morgan fingerprint density at radius 2 is 1.59 bits per heavy atom. The lowest BCUT2D eigenvalue weighted by atomic mass is 10.0. The molecule has 3 aromatic carbocycles. The Morgan fingerprint density at radius 3 is 2.26 bits per heavy atom. The van der Waals surface area contributed by atoms with Crippen LogP contribution < -0.4 is 5.32 Å². The fraction of sp³-hybridized carbons (Fsp3) is 0.276. The lowest BCUT2D eigenvalue weighted by Crippen LogP contribution is -2.52. The lowest BCUT2D eigenvalue weighted by molar-refractivity contribution is -0.141. The topological polar surface area (TPSA) is 104 Å². The van der Waals surface area contributed by atoms with Gasteiger partial charge in [0.1, 0.15) is 16.8 Å². The fourth-order valence-electron chi connectivity index (χ4n) is 4.54. The number of carbonyl (C=O) groups excluding carboxylic acids is 3. The second-order valence-electron chi connectivity index (χ2n) is 9.61. The van der Waals surface area contributed by atoms with E-state index in [1.807, 2.05) is 30.3 Å². The minimum Gasteiger partial charge on any atom is -0.352 e. The summed E-state index contributed by atoms with van der Waals surface area (Å²) in [5.41, 5.74) is 1.05. The van der Waals surface area contributed by atoms with Gasteiger partial charge in [-0.05, 0) is 37.6 Å².